The van der Waals surface area contributed by atoms with Crippen LogP contribution in [0.15, 0.2) is 40.9 Å². The van der Waals surface area contributed by atoms with Crippen molar-refractivity contribution in [2.75, 3.05) is 12.0 Å². The van der Waals surface area contributed by atoms with Crippen LogP contribution >= 0.6 is 11.6 Å². The van der Waals surface area contributed by atoms with Crippen molar-refractivity contribution in [2.45, 2.75) is 83.4 Å². The second-order valence-corrected chi connectivity index (χ2v) is 11.9. The molecule has 1 aliphatic carbocycles. The first kappa shape index (κ1) is 26.8. The van der Waals surface area contributed by atoms with Gasteiger partial charge in [-0.2, -0.15) is 0 Å². The van der Waals surface area contributed by atoms with Crippen molar-refractivity contribution in [1.82, 2.24) is 14.7 Å². The van der Waals surface area contributed by atoms with Gasteiger partial charge >= 0.3 is 0 Å². The van der Waals surface area contributed by atoms with Crippen LogP contribution in [0, 0.1) is 13.8 Å². The summed E-state index contributed by atoms with van der Waals surface area (Å²) in [5.41, 5.74) is 4.81. The Bertz CT molecular complexity index is 1560. The molecule has 9 heteroatoms. The molecule has 6 rings (SSSR count). The average molecular weight is 563 g/mol. The van der Waals surface area contributed by atoms with Crippen molar-refractivity contribution in [2.24, 2.45) is 0 Å². The van der Waals surface area contributed by atoms with Gasteiger partial charge in [-0.3, -0.25) is 4.79 Å². The third-order valence-corrected chi connectivity index (χ3v) is 8.89. The number of rotatable bonds is 5. The van der Waals surface area contributed by atoms with Crippen molar-refractivity contribution in [1.29, 1.82) is 0 Å². The number of amides is 1. The highest BCUT2D eigenvalue weighted by Crippen LogP contribution is 2.43. The molecule has 1 aliphatic heterocycles. The number of imidazole rings is 1. The third-order valence-electron chi connectivity index (χ3n) is 8.60. The number of carbonyl (C=O) groups is 1. The molecule has 1 amide bonds. The van der Waals surface area contributed by atoms with E-state index in [1.54, 1.807) is 19.2 Å². The van der Waals surface area contributed by atoms with E-state index in [0.717, 1.165) is 83.7 Å². The zero-order chi connectivity index (χ0) is 28.2. The molecule has 40 heavy (non-hydrogen) atoms. The molecule has 0 unspecified atom stereocenters. The highest BCUT2D eigenvalue weighted by molar-refractivity contribution is 6.32. The normalized spacial score (nSPS) is 23.6. The number of halogens is 1. The van der Waals surface area contributed by atoms with Gasteiger partial charge in [0, 0.05) is 23.7 Å². The minimum atomic E-state index is -0.657. The number of anilines is 1. The number of aliphatic hydroxyl groups is 1. The molecule has 2 aliphatic rings. The van der Waals surface area contributed by atoms with E-state index in [-0.39, 0.29) is 18.0 Å². The monoisotopic (exact) mass is 562 g/mol. The molecule has 3 heterocycles. The highest BCUT2D eigenvalue weighted by atomic mass is 35.5. The van der Waals surface area contributed by atoms with Crippen LogP contribution in [0.4, 0.5) is 5.69 Å². The first-order valence-corrected chi connectivity index (χ1v) is 14.4. The highest BCUT2D eigenvalue weighted by Gasteiger charge is 2.37. The van der Waals surface area contributed by atoms with Crippen LogP contribution in [-0.4, -0.2) is 38.4 Å². The number of methoxy groups -OCH3 is 1. The second-order valence-electron chi connectivity index (χ2n) is 11.5. The minimum Gasteiger partial charge on any atom is -0.495 e. The van der Waals surface area contributed by atoms with Gasteiger partial charge < -0.3 is 23.8 Å². The molecule has 1 saturated carbocycles. The van der Waals surface area contributed by atoms with Crippen molar-refractivity contribution < 1.29 is 19.2 Å². The first-order chi connectivity index (χ1) is 19.2. The Morgan fingerprint density at radius 3 is 2.58 bits per heavy atom. The summed E-state index contributed by atoms with van der Waals surface area (Å²) in [7, 11) is 1.58. The van der Waals surface area contributed by atoms with E-state index in [2.05, 4.69) is 27.9 Å². The molecular formula is C31H35ClN4O4. The van der Waals surface area contributed by atoms with Gasteiger partial charge in [-0.15, -0.1) is 0 Å². The first-order valence-electron chi connectivity index (χ1n) is 14.0. The number of aromatic nitrogens is 3. The molecule has 8 nitrogen and oxygen atoms in total. The Labute approximate surface area is 238 Å². The maximum atomic E-state index is 13.5. The second kappa shape index (κ2) is 10.2. The van der Waals surface area contributed by atoms with Crippen LogP contribution in [0.2, 0.25) is 5.02 Å². The topological polar surface area (TPSA) is 93.6 Å². The molecule has 1 saturated heterocycles. The van der Waals surface area contributed by atoms with Crippen LogP contribution in [0.1, 0.15) is 81.2 Å². The lowest BCUT2D eigenvalue weighted by atomic mass is 9.83. The number of ether oxygens (including phenoxy) is 1. The summed E-state index contributed by atoms with van der Waals surface area (Å²) in [5.74, 6) is 2.27. The molecule has 0 spiro atoms. The predicted octanol–water partition coefficient (Wildman–Crippen LogP) is 7.09. The molecule has 2 fully saturated rings. The summed E-state index contributed by atoms with van der Waals surface area (Å²) >= 11 is 6.51. The van der Waals surface area contributed by atoms with Gasteiger partial charge in [-0.25, -0.2) is 4.98 Å². The average Bonchev–Trinajstić information content (AvgIpc) is 3.47. The fourth-order valence-corrected chi connectivity index (χ4v) is 6.77. The van der Waals surface area contributed by atoms with E-state index in [9.17, 15) is 9.90 Å². The summed E-state index contributed by atoms with van der Waals surface area (Å²) in [6, 6.07) is 11.7. The van der Waals surface area contributed by atoms with Crippen molar-refractivity contribution >= 4 is 34.2 Å². The molecule has 1 atom stereocenters. The lowest BCUT2D eigenvalue weighted by Crippen LogP contribution is -2.40. The van der Waals surface area contributed by atoms with E-state index in [0.29, 0.717) is 17.2 Å². The summed E-state index contributed by atoms with van der Waals surface area (Å²) in [5, 5.41) is 15.3. The number of nitrogens with zero attached hydrogens (tertiary/aromatic N) is 4. The number of hydrogen-bond donors (Lipinski definition) is 1. The maximum absolute atomic E-state index is 13.5. The molecule has 2 aromatic heterocycles. The predicted molar refractivity (Wildman–Crippen MR) is 155 cm³/mol. The van der Waals surface area contributed by atoms with Crippen LogP contribution < -0.4 is 9.64 Å². The van der Waals surface area contributed by atoms with Gasteiger partial charge in [-0.1, -0.05) is 22.8 Å². The number of hydrogen-bond acceptors (Lipinski definition) is 6. The Hall–Kier alpha value is -3.36. The van der Waals surface area contributed by atoms with Gasteiger partial charge in [0.25, 0.3) is 0 Å². The SMILES string of the molecule is COc1ccc(N2C(=O)CCC[C@H]2c2nc3cc(-c4c(C)noc4C)ccc3n2[C@H]2CC[C@@](C)(O)CC2)cc1Cl. The molecule has 0 radical (unpaired) electrons. The lowest BCUT2D eigenvalue weighted by molar-refractivity contribution is -0.120. The summed E-state index contributed by atoms with van der Waals surface area (Å²) in [6.45, 7) is 5.78. The molecule has 0 bridgehead atoms. The molecule has 4 aromatic rings. The number of benzene rings is 2. The number of fused-ring (bicyclic) bond motifs is 1. The van der Waals surface area contributed by atoms with Gasteiger partial charge in [-0.05, 0) is 95.2 Å². The Morgan fingerprint density at radius 2 is 1.90 bits per heavy atom. The van der Waals surface area contributed by atoms with E-state index >= 15 is 0 Å². The largest absolute Gasteiger partial charge is 0.495 e. The standard InChI is InChI=1S/C31H35ClN4O4/c1-18-29(19(2)40-34-18)20-8-10-25-24(16-20)33-30(36(25)21-12-14-31(3,38)15-13-21)26-6-5-7-28(37)35(26)22-9-11-27(39-4)23(32)17-22/h8-11,16-17,21,26,38H,5-7,12-15H2,1-4H3/t21-,26-,31+/m0/s1. The number of carbonyl (C=O) groups excluding carboxylic acids is 1. The summed E-state index contributed by atoms with van der Waals surface area (Å²) < 4.78 is 13.1. The van der Waals surface area contributed by atoms with Crippen LogP contribution in [0.25, 0.3) is 22.2 Å². The van der Waals surface area contributed by atoms with Gasteiger partial charge in [0.15, 0.2) is 0 Å². The van der Waals surface area contributed by atoms with Crippen molar-refractivity contribution in [3.63, 3.8) is 0 Å². The Balaban J connectivity index is 1.50. The van der Waals surface area contributed by atoms with E-state index in [4.69, 9.17) is 25.8 Å². The molecule has 210 valence electrons. The minimum absolute atomic E-state index is 0.0547. The molecule has 2 aromatic carbocycles. The quantitative estimate of drug-likeness (QED) is 0.279. The van der Waals surface area contributed by atoms with Gasteiger partial charge in [0.1, 0.15) is 17.3 Å². The van der Waals surface area contributed by atoms with Crippen molar-refractivity contribution in [3.05, 3.63) is 58.7 Å². The fourth-order valence-electron chi connectivity index (χ4n) is 6.51. The fraction of sp³-hybridized carbons (Fsp3) is 0.452. The smallest absolute Gasteiger partial charge is 0.227 e. The number of piperidine rings is 1. The van der Waals surface area contributed by atoms with E-state index in [1.165, 1.54) is 0 Å². The Morgan fingerprint density at radius 1 is 1.12 bits per heavy atom. The van der Waals surface area contributed by atoms with Gasteiger partial charge in [0.05, 0.1) is 40.5 Å². The molecular weight excluding hydrogens is 528 g/mol. The number of aryl methyl sites for hydroxylation is 2. The Kier molecular flexibility index (Phi) is 6.87. The summed E-state index contributed by atoms with van der Waals surface area (Å²) in [6.07, 6.45) is 5.17. The van der Waals surface area contributed by atoms with E-state index < -0.39 is 5.60 Å². The summed E-state index contributed by atoms with van der Waals surface area (Å²) in [4.78, 5) is 20.6. The third kappa shape index (κ3) is 4.67. The van der Waals surface area contributed by atoms with Crippen LogP contribution in [0.3, 0.4) is 0 Å². The van der Waals surface area contributed by atoms with E-state index in [1.807, 2.05) is 31.7 Å². The van der Waals surface area contributed by atoms with Crippen molar-refractivity contribution in [3.8, 4) is 16.9 Å². The molecule has 1 N–H and O–H groups in total. The zero-order valence-corrected chi connectivity index (χ0v) is 24.2. The van der Waals surface area contributed by atoms with Crippen LogP contribution in [-0.2, 0) is 4.79 Å². The van der Waals surface area contributed by atoms with Crippen LogP contribution in [0.5, 0.6) is 5.75 Å². The maximum Gasteiger partial charge on any atom is 0.227 e. The van der Waals surface area contributed by atoms with Gasteiger partial charge in [0.2, 0.25) is 5.91 Å². The lowest BCUT2D eigenvalue weighted by Gasteiger charge is -2.38. The zero-order valence-electron chi connectivity index (χ0n) is 23.4.